The molecule has 1 aliphatic carbocycles. The van der Waals surface area contributed by atoms with Crippen molar-refractivity contribution in [3.63, 3.8) is 0 Å². The second-order valence-corrected chi connectivity index (χ2v) is 7.68. The van der Waals surface area contributed by atoms with Crippen LogP contribution in [0.5, 0.6) is 0 Å². The van der Waals surface area contributed by atoms with Crippen LogP contribution in [0, 0.1) is 6.92 Å². The molecule has 1 amide bonds. The molecule has 27 heavy (non-hydrogen) atoms. The number of carbonyl (C=O) groups excluding carboxylic acids is 1. The van der Waals surface area contributed by atoms with Crippen molar-refractivity contribution in [3.05, 3.63) is 47.4 Å². The van der Waals surface area contributed by atoms with Gasteiger partial charge in [-0.15, -0.1) is 10.2 Å². The molecule has 0 aromatic carbocycles. The first-order valence-electron chi connectivity index (χ1n) is 9.20. The minimum Gasteiger partial charge on any atom is -0.349 e. The van der Waals surface area contributed by atoms with Crippen LogP contribution in [0.2, 0.25) is 0 Å². The van der Waals surface area contributed by atoms with E-state index in [0.717, 1.165) is 42.4 Å². The fraction of sp³-hybridized carbons (Fsp3) is 0.474. The number of pyridine rings is 1. The molecule has 0 bridgehead atoms. The summed E-state index contributed by atoms with van der Waals surface area (Å²) < 4.78 is 3.97. The monoisotopic (exact) mass is 367 g/mol. The summed E-state index contributed by atoms with van der Waals surface area (Å²) >= 11 is 0. The Morgan fingerprint density at radius 1 is 1.26 bits per heavy atom. The topological polar surface area (TPSA) is 80.4 Å². The number of nitrogens with zero attached hydrogens (tertiary/aromatic N) is 6. The van der Waals surface area contributed by atoms with Gasteiger partial charge in [0.25, 0.3) is 5.91 Å². The average molecular weight is 367 g/mol. The fourth-order valence-electron chi connectivity index (χ4n) is 3.62. The standard InChI is InChI=1S/C19H25N7O/c1-12-9-26-10-13(5-6-16(26)20-12)19(27)21-15-7-14(8-15)18-23-22-17(25(18)4)11-24(2)3/h5-6,9-10,14-15H,7-8,11H2,1-4H3,(H,21,27). The number of nitrogens with one attached hydrogen (secondary N) is 1. The maximum Gasteiger partial charge on any atom is 0.252 e. The molecule has 3 aromatic rings. The van der Waals surface area contributed by atoms with Gasteiger partial charge in [-0.25, -0.2) is 4.98 Å². The zero-order valence-electron chi connectivity index (χ0n) is 16.2. The first-order chi connectivity index (χ1) is 12.9. The molecule has 8 heteroatoms. The highest BCUT2D eigenvalue weighted by molar-refractivity contribution is 5.94. The molecule has 0 radical (unpaired) electrons. The highest BCUT2D eigenvalue weighted by atomic mass is 16.1. The van der Waals surface area contributed by atoms with E-state index >= 15 is 0 Å². The maximum absolute atomic E-state index is 12.6. The number of hydrogen-bond acceptors (Lipinski definition) is 5. The maximum atomic E-state index is 12.6. The van der Waals surface area contributed by atoms with E-state index in [1.807, 2.05) is 57.0 Å². The van der Waals surface area contributed by atoms with E-state index in [2.05, 4.69) is 30.0 Å². The number of carbonyl (C=O) groups is 1. The minimum atomic E-state index is -0.0436. The Kier molecular flexibility index (Phi) is 4.43. The van der Waals surface area contributed by atoms with E-state index in [1.54, 1.807) is 0 Å². The largest absolute Gasteiger partial charge is 0.349 e. The SMILES string of the molecule is Cc1cn2cc(C(=O)NC3CC(c4nnc(CN(C)C)n4C)C3)ccc2n1. The summed E-state index contributed by atoms with van der Waals surface area (Å²) in [6, 6.07) is 3.87. The second kappa shape index (κ2) is 6.77. The van der Waals surface area contributed by atoms with E-state index in [1.165, 1.54) is 0 Å². The molecule has 0 unspecified atom stereocenters. The van der Waals surface area contributed by atoms with Crippen molar-refractivity contribution in [1.82, 2.24) is 34.4 Å². The highest BCUT2D eigenvalue weighted by Crippen LogP contribution is 2.36. The van der Waals surface area contributed by atoms with Crippen molar-refractivity contribution < 1.29 is 4.79 Å². The van der Waals surface area contributed by atoms with Gasteiger partial charge in [-0.05, 0) is 46.0 Å². The van der Waals surface area contributed by atoms with Gasteiger partial charge in [0.05, 0.1) is 17.8 Å². The number of aromatic nitrogens is 5. The summed E-state index contributed by atoms with van der Waals surface area (Å²) in [7, 11) is 6.06. The Morgan fingerprint density at radius 2 is 2.04 bits per heavy atom. The molecular formula is C19H25N7O. The molecule has 1 saturated carbocycles. The third-order valence-electron chi connectivity index (χ3n) is 5.13. The Balaban J connectivity index is 1.37. The molecular weight excluding hydrogens is 342 g/mol. The van der Waals surface area contributed by atoms with E-state index in [4.69, 9.17) is 0 Å². The van der Waals surface area contributed by atoms with Crippen LogP contribution in [-0.2, 0) is 13.6 Å². The lowest BCUT2D eigenvalue weighted by Crippen LogP contribution is -2.44. The Bertz CT molecular complexity index is 981. The zero-order valence-corrected chi connectivity index (χ0v) is 16.2. The quantitative estimate of drug-likeness (QED) is 0.739. The van der Waals surface area contributed by atoms with Crippen LogP contribution in [0.1, 0.15) is 46.5 Å². The zero-order chi connectivity index (χ0) is 19.1. The number of aryl methyl sites for hydroxylation is 1. The number of amides is 1. The van der Waals surface area contributed by atoms with Gasteiger partial charge < -0.3 is 19.2 Å². The van der Waals surface area contributed by atoms with Crippen molar-refractivity contribution in [2.75, 3.05) is 14.1 Å². The van der Waals surface area contributed by atoms with E-state index in [9.17, 15) is 4.79 Å². The van der Waals surface area contributed by atoms with Crippen LogP contribution in [0.25, 0.3) is 5.65 Å². The van der Waals surface area contributed by atoms with Crippen molar-refractivity contribution in [1.29, 1.82) is 0 Å². The van der Waals surface area contributed by atoms with Gasteiger partial charge in [-0.3, -0.25) is 4.79 Å². The summed E-state index contributed by atoms with van der Waals surface area (Å²) in [4.78, 5) is 19.0. The number of rotatable bonds is 5. The highest BCUT2D eigenvalue weighted by Gasteiger charge is 2.35. The van der Waals surface area contributed by atoms with Gasteiger partial charge in [0.1, 0.15) is 17.3 Å². The fourth-order valence-corrected chi connectivity index (χ4v) is 3.62. The Labute approximate surface area is 158 Å². The molecule has 1 N–H and O–H groups in total. The lowest BCUT2D eigenvalue weighted by molar-refractivity contribution is 0.0906. The summed E-state index contributed by atoms with van der Waals surface area (Å²) in [6.45, 7) is 2.71. The van der Waals surface area contributed by atoms with Gasteiger partial charge in [-0.2, -0.15) is 0 Å². The molecule has 1 fully saturated rings. The lowest BCUT2D eigenvalue weighted by atomic mass is 9.79. The van der Waals surface area contributed by atoms with Gasteiger partial charge in [0.2, 0.25) is 0 Å². The third kappa shape index (κ3) is 3.44. The van der Waals surface area contributed by atoms with Gasteiger partial charge in [0, 0.05) is 31.4 Å². The molecule has 0 atom stereocenters. The van der Waals surface area contributed by atoms with Crippen LogP contribution in [-0.4, -0.2) is 55.1 Å². The van der Waals surface area contributed by atoms with E-state index < -0.39 is 0 Å². The predicted molar refractivity (Wildman–Crippen MR) is 102 cm³/mol. The Hall–Kier alpha value is -2.74. The van der Waals surface area contributed by atoms with Crippen molar-refractivity contribution in [3.8, 4) is 0 Å². The molecule has 8 nitrogen and oxygen atoms in total. The number of hydrogen-bond donors (Lipinski definition) is 1. The first kappa shape index (κ1) is 17.7. The van der Waals surface area contributed by atoms with Crippen molar-refractivity contribution >= 4 is 11.6 Å². The normalized spacial score (nSPS) is 19.4. The summed E-state index contributed by atoms with van der Waals surface area (Å²) in [5.41, 5.74) is 2.44. The van der Waals surface area contributed by atoms with Crippen LogP contribution in [0.4, 0.5) is 0 Å². The number of fused-ring (bicyclic) bond motifs is 1. The van der Waals surface area contributed by atoms with Gasteiger partial charge >= 0.3 is 0 Å². The van der Waals surface area contributed by atoms with Gasteiger partial charge in [-0.1, -0.05) is 0 Å². The molecule has 3 aromatic heterocycles. The lowest BCUT2D eigenvalue weighted by Gasteiger charge is -2.35. The third-order valence-corrected chi connectivity index (χ3v) is 5.13. The number of imidazole rings is 1. The predicted octanol–water partition coefficient (Wildman–Crippen LogP) is 1.51. The summed E-state index contributed by atoms with van der Waals surface area (Å²) in [6.07, 6.45) is 5.54. The van der Waals surface area contributed by atoms with E-state index in [-0.39, 0.29) is 11.9 Å². The first-order valence-corrected chi connectivity index (χ1v) is 9.20. The van der Waals surface area contributed by atoms with Crippen LogP contribution in [0.15, 0.2) is 24.5 Å². The van der Waals surface area contributed by atoms with Crippen LogP contribution >= 0.6 is 0 Å². The molecule has 0 spiro atoms. The molecule has 142 valence electrons. The molecule has 0 aliphatic heterocycles. The average Bonchev–Trinajstić information content (AvgIpc) is 3.11. The van der Waals surface area contributed by atoms with Crippen LogP contribution in [0.3, 0.4) is 0 Å². The summed E-state index contributed by atoms with van der Waals surface area (Å²) in [5.74, 6) is 2.28. The molecule has 3 heterocycles. The minimum absolute atomic E-state index is 0.0436. The summed E-state index contributed by atoms with van der Waals surface area (Å²) in [5, 5.41) is 11.8. The molecule has 1 aliphatic rings. The molecule has 4 rings (SSSR count). The Morgan fingerprint density at radius 3 is 2.78 bits per heavy atom. The smallest absolute Gasteiger partial charge is 0.252 e. The van der Waals surface area contributed by atoms with E-state index in [0.29, 0.717) is 11.5 Å². The van der Waals surface area contributed by atoms with Gasteiger partial charge in [0.15, 0.2) is 0 Å². The van der Waals surface area contributed by atoms with Crippen LogP contribution < -0.4 is 5.32 Å². The van der Waals surface area contributed by atoms with Crippen molar-refractivity contribution in [2.45, 2.75) is 38.3 Å². The molecule has 0 saturated heterocycles. The van der Waals surface area contributed by atoms with Crippen molar-refractivity contribution in [2.24, 2.45) is 7.05 Å². The second-order valence-electron chi connectivity index (χ2n) is 7.68.